The van der Waals surface area contributed by atoms with Crippen LogP contribution < -0.4 is 5.32 Å². The second-order valence-electron chi connectivity index (χ2n) is 7.04. The van der Waals surface area contributed by atoms with Crippen LogP contribution in [0.2, 0.25) is 0 Å². The average molecular weight is 436 g/mol. The van der Waals surface area contributed by atoms with Crippen LogP contribution in [0.4, 0.5) is 5.69 Å². The Morgan fingerprint density at radius 1 is 0.879 bits per heavy atom. The number of hydrogen-bond donors (Lipinski definition) is 3. The van der Waals surface area contributed by atoms with E-state index in [9.17, 15) is 14.7 Å². The van der Waals surface area contributed by atoms with E-state index < -0.39 is 11.8 Å². The molecule has 0 radical (unpaired) electrons. The average Bonchev–Trinajstić information content (AvgIpc) is 3.17. The van der Waals surface area contributed by atoms with E-state index in [1.54, 1.807) is 60.7 Å². The molecule has 0 saturated carbocycles. The molecular weight excluding hydrogens is 416 g/mol. The Morgan fingerprint density at radius 3 is 2.30 bits per heavy atom. The lowest BCUT2D eigenvalue weighted by Gasteiger charge is -2.05. The summed E-state index contributed by atoms with van der Waals surface area (Å²) in [5.41, 5.74) is 2.08. The van der Waals surface area contributed by atoms with Gasteiger partial charge in [0.1, 0.15) is 5.70 Å². The lowest BCUT2D eigenvalue weighted by Crippen LogP contribution is -2.26. The number of amides is 2. The van der Waals surface area contributed by atoms with Gasteiger partial charge in [0.15, 0.2) is 5.69 Å². The first-order chi connectivity index (χ1) is 16.1. The zero-order valence-corrected chi connectivity index (χ0v) is 17.5. The van der Waals surface area contributed by atoms with Gasteiger partial charge in [0.05, 0.1) is 5.52 Å². The van der Waals surface area contributed by atoms with Crippen molar-refractivity contribution in [2.75, 3.05) is 0 Å². The first kappa shape index (κ1) is 21.5. The predicted molar refractivity (Wildman–Crippen MR) is 127 cm³/mol. The summed E-state index contributed by atoms with van der Waals surface area (Å²) in [5, 5.41) is 21.0. The van der Waals surface area contributed by atoms with E-state index in [0.717, 1.165) is 5.56 Å². The molecule has 7 heteroatoms. The molecular formula is C26H20N4O3. The maximum absolute atomic E-state index is 12.8. The second-order valence-corrected chi connectivity index (χ2v) is 7.04. The molecule has 7 nitrogen and oxygen atoms in total. The Morgan fingerprint density at radius 2 is 1.55 bits per heavy atom. The van der Waals surface area contributed by atoms with E-state index in [1.807, 2.05) is 36.4 Å². The summed E-state index contributed by atoms with van der Waals surface area (Å²) in [6.45, 7) is 0. The number of aromatic hydroxyl groups is 1. The molecule has 0 aliphatic carbocycles. The van der Waals surface area contributed by atoms with E-state index in [-0.39, 0.29) is 17.3 Å². The molecule has 0 saturated heterocycles. The van der Waals surface area contributed by atoms with Gasteiger partial charge in [0.25, 0.3) is 5.91 Å². The number of hydrogen-bond acceptors (Lipinski definition) is 4. The third-order valence-corrected chi connectivity index (χ3v) is 4.77. The Kier molecular flexibility index (Phi) is 6.51. The highest BCUT2D eigenvalue weighted by atomic mass is 16.3. The lowest BCUT2D eigenvalue weighted by atomic mass is 10.2. The van der Waals surface area contributed by atoms with E-state index in [2.05, 4.69) is 20.5 Å². The molecule has 0 atom stereocenters. The molecule has 1 aromatic heterocycles. The van der Waals surface area contributed by atoms with Gasteiger partial charge in [0.2, 0.25) is 5.88 Å². The molecule has 1 heterocycles. The number of fused-ring (bicyclic) bond motifs is 1. The topological polar surface area (TPSA) is 107 Å². The van der Waals surface area contributed by atoms with E-state index >= 15 is 0 Å². The van der Waals surface area contributed by atoms with Crippen molar-refractivity contribution in [3.05, 3.63) is 114 Å². The summed E-state index contributed by atoms with van der Waals surface area (Å²) in [7, 11) is 0. The molecule has 0 aliphatic heterocycles. The maximum Gasteiger partial charge on any atom is 0.311 e. The van der Waals surface area contributed by atoms with Crippen molar-refractivity contribution in [1.29, 1.82) is 0 Å². The normalized spacial score (nSPS) is 11.9. The minimum Gasteiger partial charge on any atom is -0.493 e. The zero-order valence-electron chi connectivity index (χ0n) is 17.5. The summed E-state index contributed by atoms with van der Waals surface area (Å²) in [6.07, 6.45) is 4.90. The first-order valence-electron chi connectivity index (χ1n) is 10.2. The Labute approximate surface area is 189 Å². The predicted octanol–water partition coefficient (Wildman–Crippen LogP) is 5.51. The maximum atomic E-state index is 12.8. The van der Waals surface area contributed by atoms with Gasteiger partial charge in [-0.05, 0) is 29.8 Å². The number of nitrogens with one attached hydrogen (secondary N) is 2. The quantitative estimate of drug-likeness (QED) is 0.211. The molecule has 0 unspecified atom stereocenters. The molecule has 0 bridgehead atoms. The Bertz CT molecular complexity index is 1370. The fraction of sp³-hybridized carbons (Fsp3) is 0. The standard InChI is InChI=1S/C26H20N4O3/c31-24(19-13-5-2-6-14-19)28-22(17-9-12-18-10-3-1-4-11-18)25(32)30-29-23-20-15-7-8-16-21(20)27-26(23)33/h1-17,27,33H,(H,28,31). The minimum atomic E-state index is -0.762. The number of H-pyrrole nitrogens is 1. The first-order valence-corrected chi connectivity index (χ1v) is 10.2. The molecule has 2 amide bonds. The highest BCUT2D eigenvalue weighted by molar-refractivity contribution is 6.03. The molecule has 33 heavy (non-hydrogen) atoms. The number of carbonyl (C=O) groups excluding carboxylic acids is 2. The van der Waals surface area contributed by atoms with Crippen LogP contribution in [0.3, 0.4) is 0 Å². The molecule has 162 valence electrons. The van der Waals surface area contributed by atoms with E-state index in [1.165, 1.54) is 6.08 Å². The van der Waals surface area contributed by atoms with Crippen LogP contribution in [0, 0.1) is 0 Å². The van der Waals surface area contributed by atoms with Crippen molar-refractivity contribution >= 4 is 34.5 Å². The van der Waals surface area contributed by atoms with Crippen molar-refractivity contribution in [3.63, 3.8) is 0 Å². The number of para-hydroxylation sites is 1. The Balaban J connectivity index is 1.61. The molecule has 4 rings (SSSR count). The lowest BCUT2D eigenvalue weighted by molar-refractivity contribution is -0.115. The summed E-state index contributed by atoms with van der Waals surface area (Å²) >= 11 is 0. The molecule has 3 N–H and O–H groups in total. The number of azo groups is 1. The largest absolute Gasteiger partial charge is 0.493 e. The van der Waals surface area contributed by atoms with Gasteiger partial charge >= 0.3 is 5.91 Å². The van der Waals surface area contributed by atoms with Crippen molar-refractivity contribution in [2.45, 2.75) is 0 Å². The molecule has 0 aliphatic rings. The van der Waals surface area contributed by atoms with E-state index in [4.69, 9.17) is 0 Å². The number of carbonyl (C=O) groups is 2. The van der Waals surface area contributed by atoms with Gasteiger partial charge in [-0.3, -0.25) is 9.59 Å². The fourth-order valence-corrected chi connectivity index (χ4v) is 3.13. The van der Waals surface area contributed by atoms with E-state index in [0.29, 0.717) is 16.5 Å². The molecule has 3 aromatic carbocycles. The van der Waals surface area contributed by atoms with Crippen LogP contribution in [-0.4, -0.2) is 21.9 Å². The smallest absolute Gasteiger partial charge is 0.311 e. The van der Waals surface area contributed by atoms with Crippen molar-refractivity contribution < 1.29 is 14.7 Å². The Hall–Kier alpha value is -4.78. The monoisotopic (exact) mass is 436 g/mol. The zero-order chi connectivity index (χ0) is 23.0. The minimum absolute atomic E-state index is 0.0564. The summed E-state index contributed by atoms with van der Waals surface area (Å²) in [6, 6.07) is 25.2. The SMILES string of the molecule is O=C(N=Nc1c(O)[nH]c2ccccc12)C(=CC=Cc1ccccc1)NC(=O)c1ccccc1. The van der Waals surface area contributed by atoms with Crippen LogP contribution >= 0.6 is 0 Å². The van der Waals surface area contributed by atoms with Gasteiger partial charge in [-0.1, -0.05) is 78.9 Å². The third-order valence-electron chi connectivity index (χ3n) is 4.77. The van der Waals surface area contributed by atoms with Crippen molar-refractivity contribution in [1.82, 2.24) is 10.3 Å². The van der Waals surface area contributed by atoms with Crippen LogP contribution in [-0.2, 0) is 4.79 Å². The summed E-state index contributed by atoms with van der Waals surface area (Å²) in [4.78, 5) is 28.2. The van der Waals surface area contributed by atoms with Crippen LogP contribution in [0.15, 0.2) is 113 Å². The van der Waals surface area contributed by atoms with Crippen molar-refractivity contribution in [2.24, 2.45) is 10.2 Å². The van der Waals surface area contributed by atoms with Gasteiger partial charge in [0, 0.05) is 10.9 Å². The van der Waals surface area contributed by atoms with Crippen molar-refractivity contribution in [3.8, 4) is 5.88 Å². The molecule has 4 aromatic rings. The van der Waals surface area contributed by atoms with Gasteiger partial charge in [-0.25, -0.2) is 0 Å². The van der Waals surface area contributed by atoms with Gasteiger partial charge in [-0.15, -0.1) is 10.2 Å². The third kappa shape index (κ3) is 5.29. The number of aromatic nitrogens is 1. The van der Waals surface area contributed by atoms with Gasteiger partial charge < -0.3 is 15.4 Å². The highest BCUT2D eigenvalue weighted by Crippen LogP contribution is 2.35. The van der Waals surface area contributed by atoms with Crippen LogP contribution in [0.1, 0.15) is 15.9 Å². The summed E-state index contributed by atoms with van der Waals surface area (Å²) in [5.74, 6) is -1.41. The summed E-state index contributed by atoms with van der Waals surface area (Å²) < 4.78 is 0. The second kappa shape index (κ2) is 10.0. The number of rotatable bonds is 6. The molecule has 0 spiro atoms. The van der Waals surface area contributed by atoms with Crippen LogP contribution in [0.25, 0.3) is 17.0 Å². The number of allylic oxidation sites excluding steroid dienone is 2. The number of benzene rings is 3. The van der Waals surface area contributed by atoms with Crippen LogP contribution in [0.5, 0.6) is 5.88 Å². The highest BCUT2D eigenvalue weighted by Gasteiger charge is 2.15. The fourth-order valence-electron chi connectivity index (χ4n) is 3.13. The molecule has 0 fully saturated rings. The van der Waals surface area contributed by atoms with Gasteiger partial charge in [-0.2, -0.15) is 0 Å². The number of aromatic amines is 1. The number of nitrogens with zero attached hydrogens (tertiary/aromatic N) is 2.